The second-order valence-corrected chi connectivity index (χ2v) is 18.9. The molecule has 60 heavy (non-hydrogen) atoms. The monoisotopic (exact) mass is 849 g/mol. The first-order chi connectivity index (χ1) is 29.6. The molecule has 0 aromatic heterocycles. The van der Waals surface area contributed by atoms with Crippen LogP contribution >= 0.6 is 0 Å². The van der Waals surface area contributed by atoms with Crippen LogP contribution in [0.4, 0.5) is 0 Å². The van der Waals surface area contributed by atoms with Crippen LogP contribution in [-0.2, 0) is 23.8 Å². The summed E-state index contributed by atoms with van der Waals surface area (Å²) in [6.45, 7) is 7.90. The number of hydrogen-bond donors (Lipinski definition) is 0. The fourth-order valence-corrected chi connectivity index (χ4v) is 8.51. The van der Waals surface area contributed by atoms with E-state index in [-0.39, 0.29) is 18.5 Å². The standard InChI is InChI=1S/C55H108O5/c1-4-7-10-13-16-19-21-23-25-27-28-30-31-33-35-37-39-42-45-48-54(56)59-52-53(51-58-50-47-44-41-18-15-12-9-6-3)60-55(57)49-46-43-40-38-36-34-32-29-26-24-22-20-17-14-11-8-5-2/h53H,4-52H2,1-3H3. The lowest BCUT2D eigenvalue weighted by Gasteiger charge is -2.18. The van der Waals surface area contributed by atoms with Crippen molar-refractivity contribution in [3.05, 3.63) is 0 Å². The fourth-order valence-electron chi connectivity index (χ4n) is 8.51. The summed E-state index contributed by atoms with van der Waals surface area (Å²) in [6.07, 6.45) is 58.4. The quantitative estimate of drug-likeness (QED) is 0.0451. The third-order valence-corrected chi connectivity index (χ3v) is 12.6. The Balaban J connectivity index is 4.04. The van der Waals surface area contributed by atoms with Crippen LogP contribution in [-0.4, -0.2) is 37.9 Å². The summed E-state index contributed by atoms with van der Waals surface area (Å²) >= 11 is 0. The lowest BCUT2D eigenvalue weighted by atomic mass is 10.0. The van der Waals surface area contributed by atoms with Crippen molar-refractivity contribution in [2.45, 2.75) is 322 Å². The van der Waals surface area contributed by atoms with Crippen molar-refractivity contribution >= 4 is 11.9 Å². The van der Waals surface area contributed by atoms with E-state index in [1.54, 1.807) is 0 Å². The van der Waals surface area contributed by atoms with Crippen molar-refractivity contribution in [3.63, 3.8) is 0 Å². The summed E-state index contributed by atoms with van der Waals surface area (Å²) in [5.74, 6) is -0.370. The lowest BCUT2D eigenvalue weighted by Crippen LogP contribution is -2.30. The van der Waals surface area contributed by atoms with Crippen LogP contribution in [0, 0.1) is 0 Å². The molecular formula is C55H108O5. The van der Waals surface area contributed by atoms with Crippen molar-refractivity contribution in [2.24, 2.45) is 0 Å². The van der Waals surface area contributed by atoms with Gasteiger partial charge in [0, 0.05) is 19.4 Å². The van der Waals surface area contributed by atoms with E-state index >= 15 is 0 Å². The van der Waals surface area contributed by atoms with Crippen LogP contribution in [0.2, 0.25) is 0 Å². The van der Waals surface area contributed by atoms with Crippen molar-refractivity contribution in [1.82, 2.24) is 0 Å². The molecule has 0 heterocycles. The Bertz CT molecular complexity index is 830. The molecule has 5 nitrogen and oxygen atoms in total. The molecule has 0 radical (unpaired) electrons. The molecule has 0 aliphatic heterocycles. The molecule has 0 N–H and O–H groups in total. The van der Waals surface area contributed by atoms with Crippen LogP contribution in [0.1, 0.15) is 316 Å². The van der Waals surface area contributed by atoms with E-state index < -0.39 is 6.10 Å². The highest BCUT2D eigenvalue weighted by Gasteiger charge is 2.17. The van der Waals surface area contributed by atoms with Gasteiger partial charge in [0.25, 0.3) is 0 Å². The summed E-state index contributed by atoms with van der Waals surface area (Å²) in [5, 5.41) is 0. The maximum Gasteiger partial charge on any atom is 0.306 e. The first kappa shape index (κ1) is 58.9. The zero-order chi connectivity index (χ0) is 43.5. The number of carbonyl (C=O) groups excluding carboxylic acids is 2. The Morgan fingerprint density at radius 1 is 0.300 bits per heavy atom. The van der Waals surface area contributed by atoms with Gasteiger partial charge in [-0.2, -0.15) is 0 Å². The number of rotatable bonds is 52. The van der Waals surface area contributed by atoms with Crippen molar-refractivity contribution in [1.29, 1.82) is 0 Å². The summed E-state index contributed by atoms with van der Waals surface area (Å²) in [6, 6.07) is 0. The van der Waals surface area contributed by atoms with E-state index in [2.05, 4.69) is 20.8 Å². The van der Waals surface area contributed by atoms with E-state index in [9.17, 15) is 9.59 Å². The first-order valence-electron chi connectivity index (χ1n) is 27.6. The minimum Gasteiger partial charge on any atom is -0.462 e. The molecule has 0 aliphatic rings. The van der Waals surface area contributed by atoms with E-state index in [0.29, 0.717) is 26.1 Å². The molecule has 0 bridgehead atoms. The average molecular weight is 849 g/mol. The summed E-state index contributed by atoms with van der Waals surface area (Å²) in [5.41, 5.74) is 0. The van der Waals surface area contributed by atoms with Crippen LogP contribution in [0.5, 0.6) is 0 Å². The predicted octanol–water partition coefficient (Wildman–Crippen LogP) is 18.5. The molecule has 1 atom stereocenters. The molecular weight excluding hydrogens is 741 g/mol. The van der Waals surface area contributed by atoms with Gasteiger partial charge in [-0.05, 0) is 19.3 Å². The average Bonchev–Trinajstić information content (AvgIpc) is 3.25. The minimum absolute atomic E-state index is 0.0974. The maximum atomic E-state index is 12.8. The Kier molecular flexibility index (Phi) is 51.3. The number of esters is 2. The topological polar surface area (TPSA) is 61.8 Å². The van der Waals surface area contributed by atoms with Gasteiger partial charge in [-0.1, -0.05) is 284 Å². The molecule has 0 aliphatic carbocycles. The molecule has 358 valence electrons. The summed E-state index contributed by atoms with van der Waals surface area (Å²) in [4.78, 5) is 25.4. The largest absolute Gasteiger partial charge is 0.462 e. The second kappa shape index (κ2) is 52.2. The lowest BCUT2D eigenvalue weighted by molar-refractivity contribution is -0.163. The van der Waals surface area contributed by atoms with Gasteiger partial charge in [0.15, 0.2) is 6.10 Å². The van der Waals surface area contributed by atoms with Gasteiger partial charge in [-0.3, -0.25) is 9.59 Å². The molecule has 0 saturated heterocycles. The molecule has 5 heteroatoms. The molecule has 0 rings (SSSR count). The van der Waals surface area contributed by atoms with E-state index in [1.165, 1.54) is 250 Å². The molecule has 0 saturated carbocycles. The molecule has 0 aromatic carbocycles. The van der Waals surface area contributed by atoms with Gasteiger partial charge < -0.3 is 14.2 Å². The molecule has 0 fully saturated rings. The SMILES string of the molecule is CCCCCCCCCCCCCCCCCCCCCC(=O)OCC(COCCCCCCCCCC)OC(=O)CCCCCCCCCCCCCCCCCCC. The van der Waals surface area contributed by atoms with E-state index in [0.717, 1.165) is 32.1 Å². The van der Waals surface area contributed by atoms with E-state index in [1.807, 2.05) is 0 Å². The highest BCUT2D eigenvalue weighted by atomic mass is 16.6. The highest BCUT2D eigenvalue weighted by molar-refractivity contribution is 5.70. The minimum atomic E-state index is -0.522. The van der Waals surface area contributed by atoms with E-state index in [4.69, 9.17) is 14.2 Å². The summed E-state index contributed by atoms with van der Waals surface area (Å²) in [7, 11) is 0. The highest BCUT2D eigenvalue weighted by Crippen LogP contribution is 2.17. The Morgan fingerprint density at radius 2 is 0.550 bits per heavy atom. The number of carbonyl (C=O) groups is 2. The van der Waals surface area contributed by atoms with Crippen LogP contribution in [0.25, 0.3) is 0 Å². The predicted molar refractivity (Wildman–Crippen MR) is 261 cm³/mol. The van der Waals surface area contributed by atoms with Crippen LogP contribution in [0.3, 0.4) is 0 Å². The van der Waals surface area contributed by atoms with Crippen molar-refractivity contribution in [3.8, 4) is 0 Å². The van der Waals surface area contributed by atoms with Gasteiger partial charge in [-0.25, -0.2) is 0 Å². The Hall–Kier alpha value is -1.10. The number of unbranched alkanes of at least 4 members (excludes halogenated alkanes) is 41. The molecule has 0 spiro atoms. The second-order valence-electron chi connectivity index (χ2n) is 18.9. The zero-order valence-corrected chi connectivity index (χ0v) is 41.3. The number of ether oxygens (including phenoxy) is 3. The maximum absolute atomic E-state index is 12.8. The molecule has 1 unspecified atom stereocenters. The smallest absolute Gasteiger partial charge is 0.306 e. The summed E-state index contributed by atoms with van der Waals surface area (Å²) < 4.78 is 17.4. The molecule has 0 aromatic rings. The fraction of sp³-hybridized carbons (Fsp3) is 0.964. The third-order valence-electron chi connectivity index (χ3n) is 12.6. The van der Waals surface area contributed by atoms with Gasteiger partial charge in [0.2, 0.25) is 0 Å². The first-order valence-corrected chi connectivity index (χ1v) is 27.6. The van der Waals surface area contributed by atoms with Crippen molar-refractivity contribution in [2.75, 3.05) is 19.8 Å². The number of hydrogen-bond acceptors (Lipinski definition) is 5. The van der Waals surface area contributed by atoms with Crippen molar-refractivity contribution < 1.29 is 23.8 Å². The Morgan fingerprint density at radius 3 is 0.850 bits per heavy atom. The Labute approximate surface area is 376 Å². The van der Waals surface area contributed by atoms with Crippen LogP contribution < -0.4 is 0 Å². The van der Waals surface area contributed by atoms with Gasteiger partial charge in [0.05, 0.1) is 6.61 Å². The van der Waals surface area contributed by atoms with Gasteiger partial charge >= 0.3 is 11.9 Å². The normalized spacial score (nSPS) is 12.0. The zero-order valence-electron chi connectivity index (χ0n) is 41.3. The van der Waals surface area contributed by atoms with Crippen LogP contribution in [0.15, 0.2) is 0 Å². The molecule has 0 amide bonds. The van der Waals surface area contributed by atoms with Gasteiger partial charge in [0.1, 0.15) is 6.61 Å². The third kappa shape index (κ3) is 49.6. The van der Waals surface area contributed by atoms with Gasteiger partial charge in [-0.15, -0.1) is 0 Å².